The van der Waals surface area contributed by atoms with Gasteiger partial charge in [0.05, 0.1) is 16.7 Å². The quantitative estimate of drug-likeness (QED) is 0.688. The van der Waals surface area contributed by atoms with E-state index < -0.39 is 0 Å². The van der Waals surface area contributed by atoms with Crippen LogP contribution in [0.2, 0.25) is 0 Å². The minimum absolute atomic E-state index is 0.614. The van der Waals surface area contributed by atoms with Crippen molar-refractivity contribution in [2.45, 2.75) is 52.9 Å². The van der Waals surface area contributed by atoms with Gasteiger partial charge in [0, 0.05) is 17.0 Å². The molecule has 4 rings (SSSR count). The lowest BCUT2D eigenvalue weighted by atomic mass is 9.95. The molecule has 0 spiro atoms. The molecular weight excluding hydrogens is 298 g/mol. The van der Waals surface area contributed by atoms with Gasteiger partial charge >= 0.3 is 0 Å². The number of allylic oxidation sites excluding steroid dienone is 2. The second kappa shape index (κ2) is 5.62. The summed E-state index contributed by atoms with van der Waals surface area (Å²) in [6, 6.07) is 4.43. The molecule has 0 aliphatic heterocycles. The third kappa shape index (κ3) is 2.37. The van der Waals surface area contributed by atoms with Gasteiger partial charge in [-0.15, -0.1) is 0 Å². The number of nitrogens with zero attached hydrogens (tertiary/aromatic N) is 2. The van der Waals surface area contributed by atoms with Gasteiger partial charge in [-0.3, -0.25) is 0 Å². The predicted octanol–water partition coefficient (Wildman–Crippen LogP) is 5.53. The predicted molar refractivity (Wildman–Crippen MR) is 97.0 cm³/mol. The van der Waals surface area contributed by atoms with Crippen LogP contribution in [0, 0.1) is 13.8 Å². The summed E-state index contributed by atoms with van der Waals surface area (Å²) in [6.07, 6.45) is 5.67. The minimum atomic E-state index is 0.614. The maximum atomic E-state index is 5.38. The summed E-state index contributed by atoms with van der Waals surface area (Å²) in [4.78, 5) is 8.48. The maximum Gasteiger partial charge on any atom is 0.141 e. The van der Waals surface area contributed by atoms with Gasteiger partial charge in [0.1, 0.15) is 11.6 Å². The zero-order chi connectivity index (χ0) is 16.8. The first-order valence-corrected chi connectivity index (χ1v) is 8.74. The summed E-state index contributed by atoms with van der Waals surface area (Å²) < 4.78 is 5.38. The molecular formula is C20H23N3O. The molecule has 4 nitrogen and oxygen atoms in total. The lowest BCUT2D eigenvalue weighted by molar-refractivity contribution is 0.393. The first-order chi connectivity index (χ1) is 11.6. The van der Waals surface area contributed by atoms with Crippen LogP contribution in [0.3, 0.4) is 0 Å². The van der Waals surface area contributed by atoms with Crippen LogP contribution in [0.1, 0.15) is 61.9 Å². The molecule has 0 saturated heterocycles. The highest BCUT2D eigenvalue weighted by Gasteiger charge is 2.27. The third-order valence-corrected chi connectivity index (χ3v) is 4.97. The van der Waals surface area contributed by atoms with E-state index in [2.05, 4.69) is 42.2 Å². The lowest BCUT2D eigenvalue weighted by Crippen LogP contribution is -1.90. The Kier molecular flexibility index (Phi) is 3.56. The Morgan fingerprint density at radius 1 is 1.33 bits per heavy atom. The second-order valence-electron chi connectivity index (χ2n) is 6.68. The van der Waals surface area contributed by atoms with Crippen molar-refractivity contribution in [3.05, 3.63) is 41.1 Å². The lowest BCUT2D eigenvalue weighted by Gasteiger charge is -2.09. The molecule has 1 saturated carbocycles. The summed E-state index contributed by atoms with van der Waals surface area (Å²) in [7, 11) is 0. The average molecular weight is 321 g/mol. The van der Waals surface area contributed by atoms with Crippen molar-refractivity contribution >= 4 is 16.6 Å². The molecule has 0 atom stereocenters. The van der Waals surface area contributed by atoms with Crippen LogP contribution in [0.15, 0.2) is 22.7 Å². The molecule has 24 heavy (non-hydrogen) atoms. The molecule has 0 bridgehead atoms. The van der Waals surface area contributed by atoms with E-state index in [4.69, 9.17) is 9.51 Å². The Labute approximate surface area is 142 Å². The molecule has 0 radical (unpaired) electrons. The summed E-state index contributed by atoms with van der Waals surface area (Å²) in [5, 5.41) is 4.12. The van der Waals surface area contributed by atoms with Crippen molar-refractivity contribution < 1.29 is 4.52 Å². The normalized spacial score (nSPS) is 15.4. The van der Waals surface area contributed by atoms with Gasteiger partial charge in [-0.05, 0) is 63.3 Å². The number of benzene rings is 1. The summed E-state index contributed by atoms with van der Waals surface area (Å²) >= 11 is 0. The highest BCUT2D eigenvalue weighted by molar-refractivity contribution is 5.93. The van der Waals surface area contributed by atoms with Crippen molar-refractivity contribution in [2.75, 3.05) is 0 Å². The molecule has 1 fully saturated rings. The molecule has 2 heterocycles. The Bertz CT molecular complexity index is 922. The van der Waals surface area contributed by atoms with Crippen LogP contribution in [-0.2, 0) is 0 Å². The molecule has 1 aliphatic carbocycles. The van der Waals surface area contributed by atoms with Crippen molar-refractivity contribution in [1.29, 1.82) is 0 Å². The topological polar surface area (TPSA) is 54.7 Å². The minimum Gasteiger partial charge on any atom is -0.361 e. The van der Waals surface area contributed by atoms with Gasteiger partial charge in [0.25, 0.3) is 0 Å². The average Bonchev–Trinajstić information content (AvgIpc) is 3.25. The number of nitrogens with one attached hydrogen (secondary N) is 1. The Morgan fingerprint density at radius 3 is 2.71 bits per heavy atom. The van der Waals surface area contributed by atoms with Crippen LogP contribution in [0.4, 0.5) is 0 Å². The molecule has 1 N–H and O–H groups in total. The van der Waals surface area contributed by atoms with Crippen LogP contribution in [0.25, 0.3) is 27.7 Å². The number of rotatable bonds is 4. The molecule has 2 aromatic heterocycles. The van der Waals surface area contributed by atoms with Crippen molar-refractivity contribution in [3.63, 3.8) is 0 Å². The summed E-state index contributed by atoms with van der Waals surface area (Å²) in [5.41, 5.74) is 7.90. The molecule has 3 aromatic rings. The van der Waals surface area contributed by atoms with Gasteiger partial charge in [-0.1, -0.05) is 18.2 Å². The number of fused-ring (bicyclic) bond motifs is 1. The first kappa shape index (κ1) is 15.2. The number of imidazole rings is 1. The standard InChI is InChI=1S/C20H23N3O/c1-5-13(6-2)16-9-15(18-11(3)23-24-12(18)4)10-17-19(16)22-20(21-17)14-7-8-14/h5,9-10,14H,6-8H2,1-4H3,(H,21,22). The van der Waals surface area contributed by atoms with Crippen LogP contribution < -0.4 is 0 Å². The van der Waals surface area contributed by atoms with E-state index in [1.807, 2.05) is 13.8 Å². The molecule has 1 aromatic carbocycles. The smallest absolute Gasteiger partial charge is 0.141 e. The molecule has 1 aliphatic rings. The van der Waals surface area contributed by atoms with E-state index in [1.54, 1.807) is 0 Å². The zero-order valence-electron chi connectivity index (χ0n) is 14.7. The number of hydrogen-bond donors (Lipinski definition) is 1. The highest BCUT2D eigenvalue weighted by atomic mass is 16.5. The summed E-state index contributed by atoms with van der Waals surface area (Å²) in [6.45, 7) is 8.26. The number of H-pyrrole nitrogens is 1. The van der Waals surface area contributed by atoms with Crippen LogP contribution in [0.5, 0.6) is 0 Å². The van der Waals surface area contributed by atoms with Crippen molar-refractivity contribution in [3.8, 4) is 11.1 Å². The zero-order valence-corrected chi connectivity index (χ0v) is 14.7. The van der Waals surface area contributed by atoms with Crippen molar-refractivity contribution in [1.82, 2.24) is 15.1 Å². The number of aromatic amines is 1. The van der Waals surface area contributed by atoms with Crippen LogP contribution in [-0.4, -0.2) is 15.1 Å². The van der Waals surface area contributed by atoms with Gasteiger partial charge in [0.15, 0.2) is 0 Å². The van der Waals surface area contributed by atoms with Gasteiger partial charge < -0.3 is 9.51 Å². The van der Waals surface area contributed by atoms with E-state index in [0.717, 1.165) is 45.9 Å². The number of aromatic nitrogens is 3. The fourth-order valence-electron chi connectivity index (χ4n) is 3.52. The van der Waals surface area contributed by atoms with Gasteiger partial charge in [0.2, 0.25) is 0 Å². The fourth-order valence-corrected chi connectivity index (χ4v) is 3.52. The van der Waals surface area contributed by atoms with E-state index >= 15 is 0 Å². The largest absolute Gasteiger partial charge is 0.361 e. The monoisotopic (exact) mass is 321 g/mol. The third-order valence-electron chi connectivity index (χ3n) is 4.97. The van der Waals surface area contributed by atoms with Crippen LogP contribution >= 0.6 is 0 Å². The Hall–Kier alpha value is -2.36. The van der Waals surface area contributed by atoms with Gasteiger partial charge in [-0.25, -0.2) is 4.98 Å². The van der Waals surface area contributed by atoms with E-state index in [1.165, 1.54) is 24.0 Å². The summed E-state index contributed by atoms with van der Waals surface area (Å²) in [5.74, 6) is 2.61. The maximum absolute atomic E-state index is 5.38. The first-order valence-electron chi connectivity index (χ1n) is 8.74. The highest BCUT2D eigenvalue weighted by Crippen LogP contribution is 2.41. The van der Waals surface area contributed by atoms with E-state index in [-0.39, 0.29) is 0 Å². The Morgan fingerprint density at radius 2 is 2.12 bits per heavy atom. The number of aryl methyl sites for hydroxylation is 2. The van der Waals surface area contributed by atoms with E-state index in [9.17, 15) is 0 Å². The Balaban J connectivity index is 1.99. The second-order valence-corrected chi connectivity index (χ2v) is 6.68. The van der Waals surface area contributed by atoms with Gasteiger partial charge in [-0.2, -0.15) is 0 Å². The molecule has 0 amide bonds. The van der Waals surface area contributed by atoms with E-state index in [0.29, 0.717) is 5.92 Å². The number of hydrogen-bond acceptors (Lipinski definition) is 3. The fraction of sp³-hybridized carbons (Fsp3) is 0.400. The van der Waals surface area contributed by atoms with Crippen molar-refractivity contribution in [2.24, 2.45) is 0 Å². The molecule has 4 heteroatoms. The molecule has 124 valence electrons. The molecule has 0 unspecified atom stereocenters. The SMILES string of the molecule is CC=C(CC)c1cc(-c2c(C)noc2C)cc2[nH]c(C3CC3)nc12.